The fourth-order valence-corrected chi connectivity index (χ4v) is 4.24. The van der Waals surface area contributed by atoms with Gasteiger partial charge in [-0.1, -0.05) is 34.6 Å². The van der Waals surface area contributed by atoms with Crippen LogP contribution in [0.3, 0.4) is 0 Å². The molecule has 1 N–H and O–H groups in total. The van der Waals surface area contributed by atoms with Crippen molar-refractivity contribution in [2.24, 2.45) is 11.3 Å². The number of thioether (sulfide) groups is 1. The lowest BCUT2D eigenvalue weighted by molar-refractivity contribution is 0.165. The standard InChI is InChI=1S/C15H31NS/c1-6-10-17-14-11-12(15(3,4)5)8-9-13(14)16-7-2/h12-14,16H,6-11H2,1-5H3. The van der Waals surface area contributed by atoms with E-state index in [0.29, 0.717) is 5.41 Å². The van der Waals surface area contributed by atoms with Crippen LogP contribution >= 0.6 is 11.8 Å². The van der Waals surface area contributed by atoms with Crippen molar-refractivity contribution in [1.82, 2.24) is 5.32 Å². The molecule has 3 unspecified atom stereocenters. The molecular weight excluding hydrogens is 226 g/mol. The van der Waals surface area contributed by atoms with Gasteiger partial charge in [0.15, 0.2) is 0 Å². The highest BCUT2D eigenvalue weighted by molar-refractivity contribution is 7.99. The van der Waals surface area contributed by atoms with E-state index in [1.54, 1.807) is 0 Å². The summed E-state index contributed by atoms with van der Waals surface area (Å²) in [6.45, 7) is 12.9. The van der Waals surface area contributed by atoms with E-state index in [0.717, 1.165) is 23.8 Å². The molecule has 0 aliphatic heterocycles. The highest BCUT2D eigenvalue weighted by Gasteiger charge is 2.35. The third-order valence-corrected chi connectivity index (χ3v) is 5.61. The summed E-state index contributed by atoms with van der Waals surface area (Å²) in [5, 5.41) is 4.54. The second-order valence-corrected chi connectivity index (χ2v) is 7.80. The number of hydrogen-bond acceptors (Lipinski definition) is 2. The lowest BCUT2D eigenvalue weighted by atomic mass is 9.71. The summed E-state index contributed by atoms with van der Waals surface area (Å²) >= 11 is 2.20. The number of rotatable bonds is 5. The fourth-order valence-electron chi connectivity index (χ4n) is 2.86. The van der Waals surface area contributed by atoms with E-state index >= 15 is 0 Å². The maximum atomic E-state index is 3.69. The normalized spacial score (nSPS) is 30.5. The lowest BCUT2D eigenvalue weighted by Gasteiger charge is -2.42. The van der Waals surface area contributed by atoms with E-state index in [1.165, 1.54) is 31.4 Å². The van der Waals surface area contributed by atoms with Crippen molar-refractivity contribution in [2.45, 2.75) is 71.6 Å². The van der Waals surface area contributed by atoms with Gasteiger partial charge >= 0.3 is 0 Å². The zero-order valence-electron chi connectivity index (χ0n) is 12.4. The summed E-state index contributed by atoms with van der Waals surface area (Å²) in [4.78, 5) is 0. The molecule has 0 radical (unpaired) electrons. The van der Waals surface area contributed by atoms with Gasteiger partial charge in [-0.2, -0.15) is 11.8 Å². The van der Waals surface area contributed by atoms with E-state index in [9.17, 15) is 0 Å². The molecule has 0 aromatic heterocycles. The molecular formula is C15H31NS. The van der Waals surface area contributed by atoms with E-state index in [1.807, 2.05) is 0 Å². The van der Waals surface area contributed by atoms with Gasteiger partial charge in [-0.3, -0.25) is 0 Å². The van der Waals surface area contributed by atoms with Gasteiger partial charge in [0.05, 0.1) is 0 Å². The van der Waals surface area contributed by atoms with E-state index in [2.05, 4.69) is 51.7 Å². The Bertz CT molecular complexity index is 209. The van der Waals surface area contributed by atoms with Crippen LogP contribution in [0.5, 0.6) is 0 Å². The second-order valence-electron chi connectivity index (χ2n) is 6.45. The first-order chi connectivity index (χ1) is 7.99. The summed E-state index contributed by atoms with van der Waals surface area (Å²) in [6, 6.07) is 0.759. The first-order valence-corrected chi connectivity index (χ1v) is 8.38. The number of hydrogen-bond donors (Lipinski definition) is 1. The van der Waals surface area contributed by atoms with Crippen LogP contribution in [0.15, 0.2) is 0 Å². The third kappa shape index (κ3) is 4.82. The molecule has 0 spiro atoms. The summed E-state index contributed by atoms with van der Waals surface area (Å²) in [5.41, 5.74) is 0.488. The first-order valence-electron chi connectivity index (χ1n) is 7.34. The van der Waals surface area contributed by atoms with Crippen LogP contribution in [-0.2, 0) is 0 Å². The molecule has 0 aromatic carbocycles. The van der Waals surface area contributed by atoms with Crippen LogP contribution in [0.25, 0.3) is 0 Å². The molecule has 3 atom stereocenters. The molecule has 0 bridgehead atoms. The quantitative estimate of drug-likeness (QED) is 0.787. The Balaban J connectivity index is 2.56. The van der Waals surface area contributed by atoms with E-state index in [4.69, 9.17) is 0 Å². The Kier molecular flexibility index (Phi) is 6.36. The van der Waals surface area contributed by atoms with Crippen LogP contribution in [0.1, 0.15) is 60.3 Å². The SMILES string of the molecule is CCCSC1CC(C(C)(C)C)CCC1NCC. The van der Waals surface area contributed by atoms with Gasteiger partial charge in [-0.25, -0.2) is 0 Å². The Morgan fingerprint density at radius 3 is 2.41 bits per heavy atom. The van der Waals surface area contributed by atoms with Crippen molar-refractivity contribution in [2.75, 3.05) is 12.3 Å². The molecule has 1 aliphatic rings. The largest absolute Gasteiger partial charge is 0.313 e. The van der Waals surface area contributed by atoms with Crippen LogP contribution in [0.2, 0.25) is 0 Å². The van der Waals surface area contributed by atoms with Gasteiger partial charge < -0.3 is 5.32 Å². The molecule has 1 aliphatic carbocycles. The number of nitrogens with one attached hydrogen (secondary N) is 1. The average Bonchev–Trinajstić information content (AvgIpc) is 2.26. The molecule has 0 aromatic rings. The molecule has 1 saturated carbocycles. The molecule has 2 heteroatoms. The molecule has 102 valence electrons. The maximum absolute atomic E-state index is 3.69. The van der Waals surface area contributed by atoms with Crippen LogP contribution in [0.4, 0.5) is 0 Å². The minimum absolute atomic E-state index is 0.488. The zero-order valence-corrected chi connectivity index (χ0v) is 13.2. The predicted molar refractivity (Wildman–Crippen MR) is 80.8 cm³/mol. The van der Waals surface area contributed by atoms with Crippen molar-refractivity contribution in [1.29, 1.82) is 0 Å². The topological polar surface area (TPSA) is 12.0 Å². The lowest BCUT2D eigenvalue weighted by Crippen LogP contribution is -2.44. The zero-order chi connectivity index (χ0) is 12.9. The average molecular weight is 257 g/mol. The Morgan fingerprint density at radius 1 is 1.18 bits per heavy atom. The van der Waals surface area contributed by atoms with Crippen molar-refractivity contribution < 1.29 is 0 Å². The van der Waals surface area contributed by atoms with Gasteiger partial charge in [0, 0.05) is 11.3 Å². The fraction of sp³-hybridized carbons (Fsp3) is 1.00. The molecule has 0 heterocycles. The van der Waals surface area contributed by atoms with Gasteiger partial charge in [0.1, 0.15) is 0 Å². The predicted octanol–water partition coefficient (Wildman–Crippen LogP) is 4.32. The maximum Gasteiger partial charge on any atom is 0.0204 e. The molecule has 0 amide bonds. The molecule has 17 heavy (non-hydrogen) atoms. The van der Waals surface area contributed by atoms with Gasteiger partial charge in [-0.05, 0) is 49.3 Å². The molecule has 1 rings (SSSR count). The first kappa shape index (κ1) is 15.4. The smallest absolute Gasteiger partial charge is 0.0204 e. The van der Waals surface area contributed by atoms with Crippen LogP contribution in [0, 0.1) is 11.3 Å². The van der Waals surface area contributed by atoms with Gasteiger partial charge in [0.2, 0.25) is 0 Å². The highest BCUT2D eigenvalue weighted by atomic mass is 32.2. The van der Waals surface area contributed by atoms with Crippen LogP contribution < -0.4 is 5.32 Å². The second kappa shape index (κ2) is 7.04. The third-order valence-electron chi connectivity index (χ3n) is 4.02. The summed E-state index contributed by atoms with van der Waals surface area (Å²) in [7, 11) is 0. The molecule has 1 fully saturated rings. The Labute approximate surface area is 113 Å². The van der Waals surface area contributed by atoms with E-state index in [-0.39, 0.29) is 0 Å². The molecule has 0 saturated heterocycles. The Morgan fingerprint density at radius 2 is 1.88 bits per heavy atom. The summed E-state index contributed by atoms with van der Waals surface area (Å²) in [5.74, 6) is 2.23. The van der Waals surface area contributed by atoms with E-state index < -0.39 is 0 Å². The minimum Gasteiger partial charge on any atom is -0.313 e. The summed E-state index contributed by atoms with van der Waals surface area (Å²) in [6.07, 6.45) is 5.49. The van der Waals surface area contributed by atoms with Crippen LogP contribution in [-0.4, -0.2) is 23.6 Å². The van der Waals surface area contributed by atoms with Crippen molar-refractivity contribution in [3.8, 4) is 0 Å². The van der Waals surface area contributed by atoms with Crippen molar-refractivity contribution in [3.05, 3.63) is 0 Å². The van der Waals surface area contributed by atoms with Crippen molar-refractivity contribution >= 4 is 11.8 Å². The Hall–Kier alpha value is 0.310. The monoisotopic (exact) mass is 257 g/mol. The highest BCUT2D eigenvalue weighted by Crippen LogP contribution is 2.41. The molecule has 1 nitrogen and oxygen atoms in total. The van der Waals surface area contributed by atoms with Gasteiger partial charge in [-0.15, -0.1) is 0 Å². The summed E-state index contributed by atoms with van der Waals surface area (Å²) < 4.78 is 0. The minimum atomic E-state index is 0.488. The van der Waals surface area contributed by atoms with Gasteiger partial charge in [0.25, 0.3) is 0 Å². The van der Waals surface area contributed by atoms with Crippen molar-refractivity contribution in [3.63, 3.8) is 0 Å².